The molecule has 2 unspecified atom stereocenters. The number of amides is 1. The molecule has 2 atom stereocenters. The second-order valence-electron chi connectivity index (χ2n) is 5.53. The third kappa shape index (κ3) is 3.62. The van der Waals surface area contributed by atoms with Crippen LogP contribution in [0.15, 0.2) is 71.6 Å². The Kier molecular flexibility index (Phi) is 5.58. The summed E-state index contributed by atoms with van der Waals surface area (Å²) < 4.78 is 18.8. The molecule has 5 heteroatoms. The van der Waals surface area contributed by atoms with Gasteiger partial charge in [-0.2, -0.15) is 0 Å². The van der Waals surface area contributed by atoms with Crippen molar-refractivity contribution in [3.8, 4) is 5.75 Å². The van der Waals surface area contributed by atoms with E-state index in [0.29, 0.717) is 12.2 Å². The van der Waals surface area contributed by atoms with Crippen LogP contribution in [-0.4, -0.2) is 24.6 Å². The minimum Gasteiger partial charge on any atom is -0.611 e. The summed E-state index contributed by atoms with van der Waals surface area (Å²) in [6.45, 7) is 0.259. The number of methoxy groups -OCH3 is 1. The fourth-order valence-corrected chi connectivity index (χ4v) is 4.40. The van der Waals surface area contributed by atoms with Crippen LogP contribution in [-0.2, 0) is 16.0 Å². The van der Waals surface area contributed by atoms with Gasteiger partial charge in [-0.15, -0.1) is 0 Å². The SMILES string of the molecule is COc1ccc2ccccc2c1C(CNC=O)[S+]([O-])c1ccccc1. The zero-order valence-corrected chi connectivity index (χ0v) is 14.7. The first-order valence-corrected chi connectivity index (χ1v) is 9.16. The van der Waals surface area contributed by atoms with Gasteiger partial charge in [-0.05, 0) is 40.1 Å². The van der Waals surface area contributed by atoms with Crippen LogP contribution in [0.2, 0.25) is 0 Å². The number of nitrogens with one attached hydrogen (secondary N) is 1. The van der Waals surface area contributed by atoms with Crippen molar-refractivity contribution in [1.82, 2.24) is 5.32 Å². The molecule has 1 N–H and O–H groups in total. The molecule has 0 aliphatic heterocycles. The van der Waals surface area contributed by atoms with Gasteiger partial charge < -0.3 is 14.6 Å². The van der Waals surface area contributed by atoms with E-state index >= 15 is 0 Å². The van der Waals surface area contributed by atoms with Gasteiger partial charge in [0.2, 0.25) is 6.41 Å². The highest BCUT2D eigenvalue weighted by Gasteiger charge is 2.31. The summed E-state index contributed by atoms with van der Waals surface area (Å²) in [5.41, 5.74) is 0.845. The van der Waals surface area contributed by atoms with Gasteiger partial charge in [0.15, 0.2) is 10.1 Å². The molecule has 0 aromatic heterocycles. The van der Waals surface area contributed by atoms with Crippen LogP contribution < -0.4 is 10.1 Å². The Morgan fingerprint density at radius 3 is 2.52 bits per heavy atom. The van der Waals surface area contributed by atoms with E-state index in [0.717, 1.165) is 21.2 Å². The van der Waals surface area contributed by atoms with Crippen molar-refractivity contribution in [3.63, 3.8) is 0 Å². The van der Waals surface area contributed by atoms with E-state index in [1.807, 2.05) is 66.7 Å². The fraction of sp³-hybridized carbons (Fsp3) is 0.150. The molecule has 3 rings (SSSR count). The lowest BCUT2D eigenvalue weighted by Crippen LogP contribution is -2.27. The van der Waals surface area contributed by atoms with E-state index in [9.17, 15) is 9.35 Å². The Hall–Kier alpha value is -2.50. The van der Waals surface area contributed by atoms with Crippen molar-refractivity contribution in [2.24, 2.45) is 0 Å². The number of benzene rings is 3. The number of hydrogen-bond donors (Lipinski definition) is 1. The summed E-state index contributed by atoms with van der Waals surface area (Å²) in [5, 5.41) is 4.28. The Labute approximate surface area is 150 Å². The fourth-order valence-electron chi connectivity index (χ4n) is 2.94. The summed E-state index contributed by atoms with van der Waals surface area (Å²) in [6.07, 6.45) is 0.632. The Balaban J connectivity index is 2.16. The first-order chi connectivity index (χ1) is 12.3. The molecule has 0 bridgehead atoms. The van der Waals surface area contributed by atoms with E-state index in [2.05, 4.69) is 5.32 Å². The summed E-state index contributed by atoms with van der Waals surface area (Å²) >= 11 is -1.34. The zero-order valence-electron chi connectivity index (χ0n) is 13.8. The molecule has 0 fully saturated rings. The van der Waals surface area contributed by atoms with Crippen LogP contribution in [0.4, 0.5) is 0 Å². The van der Waals surface area contributed by atoms with Crippen molar-refractivity contribution in [3.05, 3.63) is 72.3 Å². The standard InChI is InChI=1S/C20H19NO3S/c1-24-18-12-11-15-7-5-6-10-17(15)20(18)19(13-21-14-22)25(23)16-8-3-2-4-9-16/h2-12,14,19H,13H2,1H3,(H,21,22). The summed E-state index contributed by atoms with van der Waals surface area (Å²) in [5.74, 6) is 0.667. The van der Waals surface area contributed by atoms with Gasteiger partial charge in [-0.3, -0.25) is 4.79 Å². The van der Waals surface area contributed by atoms with Crippen LogP contribution >= 0.6 is 0 Å². The van der Waals surface area contributed by atoms with E-state index < -0.39 is 16.4 Å². The quantitative estimate of drug-likeness (QED) is 0.523. The van der Waals surface area contributed by atoms with Crippen LogP contribution in [0.1, 0.15) is 10.8 Å². The van der Waals surface area contributed by atoms with Gasteiger partial charge >= 0.3 is 0 Å². The average molecular weight is 353 g/mol. The Morgan fingerprint density at radius 1 is 1.08 bits per heavy atom. The third-order valence-electron chi connectivity index (χ3n) is 4.09. The molecule has 0 saturated heterocycles. The summed E-state index contributed by atoms with van der Waals surface area (Å²) in [7, 11) is 1.60. The number of ether oxygens (including phenoxy) is 1. The molecule has 0 aliphatic carbocycles. The van der Waals surface area contributed by atoms with Crippen LogP contribution in [0.25, 0.3) is 10.8 Å². The molecule has 0 aliphatic rings. The smallest absolute Gasteiger partial charge is 0.207 e. The molecule has 0 spiro atoms. The number of hydrogen-bond acceptors (Lipinski definition) is 3. The van der Waals surface area contributed by atoms with Crippen LogP contribution in [0.5, 0.6) is 5.75 Å². The van der Waals surface area contributed by atoms with Gasteiger partial charge in [0.05, 0.1) is 19.2 Å². The van der Waals surface area contributed by atoms with Gasteiger partial charge in [0.25, 0.3) is 0 Å². The van der Waals surface area contributed by atoms with Gasteiger partial charge in [-0.1, -0.05) is 48.5 Å². The van der Waals surface area contributed by atoms with Gasteiger partial charge in [-0.25, -0.2) is 0 Å². The minimum absolute atomic E-state index is 0.259. The highest BCUT2D eigenvalue weighted by atomic mass is 32.2. The highest BCUT2D eigenvalue weighted by Crippen LogP contribution is 2.39. The van der Waals surface area contributed by atoms with E-state index in [-0.39, 0.29) is 6.54 Å². The van der Waals surface area contributed by atoms with Gasteiger partial charge in [0.1, 0.15) is 5.75 Å². The molecule has 4 nitrogen and oxygen atoms in total. The van der Waals surface area contributed by atoms with E-state index in [4.69, 9.17) is 4.74 Å². The lowest BCUT2D eigenvalue weighted by molar-refractivity contribution is -0.109. The first-order valence-electron chi connectivity index (χ1n) is 7.94. The molecule has 3 aromatic carbocycles. The second kappa shape index (κ2) is 8.05. The molecule has 0 radical (unpaired) electrons. The highest BCUT2D eigenvalue weighted by molar-refractivity contribution is 7.91. The van der Waals surface area contributed by atoms with E-state index in [1.54, 1.807) is 7.11 Å². The molecule has 0 saturated carbocycles. The first kappa shape index (κ1) is 17.3. The largest absolute Gasteiger partial charge is 0.611 e. The normalized spacial score (nSPS) is 13.2. The summed E-state index contributed by atoms with van der Waals surface area (Å²) in [6, 6.07) is 21.0. The van der Waals surface area contributed by atoms with Crippen molar-refractivity contribution in [1.29, 1.82) is 0 Å². The van der Waals surface area contributed by atoms with Crippen molar-refractivity contribution >= 4 is 28.4 Å². The lowest BCUT2D eigenvalue weighted by Gasteiger charge is -2.24. The molecular weight excluding hydrogens is 334 g/mol. The maximum Gasteiger partial charge on any atom is 0.207 e. The molecule has 1 amide bonds. The number of carbonyl (C=O) groups is 1. The molecule has 0 heterocycles. The van der Waals surface area contributed by atoms with E-state index in [1.165, 1.54) is 0 Å². The number of carbonyl (C=O) groups excluding carboxylic acids is 1. The molecular formula is C20H19NO3S. The molecule has 128 valence electrons. The monoisotopic (exact) mass is 353 g/mol. The topological polar surface area (TPSA) is 61.4 Å². The maximum absolute atomic E-state index is 13.3. The van der Waals surface area contributed by atoms with Gasteiger partial charge in [0, 0.05) is 0 Å². The van der Waals surface area contributed by atoms with Crippen LogP contribution in [0.3, 0.4) is 0 Å². The molecule has 3 aromatic rings. The predicted octanol–water partition coefficient (Wildman–Crippen LogP) is 3.44. The molecule has 25 heavy (non-hydrogen) atoms. The maximum atomic E-state index is 13.3. The Bertz CT molecular complexity index is 854. The van der Waals surface area contributed by atoms with Crippen molar-refractivity contribution in [2.75, 3.05) is 13.7 Å². The Morgan fingerprint density at radius 2 is 1.80 bits per heavy atom. The lowest BCUT2D eigenvalue weighted by atomic mass is 10.0. The summed E-state index contributed by atoms with van der Waals surface area (Å²) in [4.78, 5) is 11.6. The number of fused-ring (bicyclic) bond motifs is 1. The third-order valence-corrected chi connectivity index (χ3v) is 5.75. The second-order valence-corrected chi connectivity index (χ2v) is 7.16. The average Bonchev–Trinajstić information content (AvgIpc) is 2.68. The van der Waals surface area contributed by atoms with Crippen molar-refractivity contribution < 1.29 is 14.1 Å². The van der Waals surface area contributed by atoms with Crippen molar-refractivity contribution in [2.45, 2.75) is 10.1 Å². The van der Waals surface area contributed by atoms with Crippen LogP contribution in [0, 0.1) is 0 Å². The zero-order chi connectivity index (χ0) is 17.6. The predicted molar refractivity (Wildman–Crippen MR) is 100 cm³/mol. The number of rotatable bonds is 7. The minimum atomic E-state index is -1.34.